The molecule has 0 bridgehead atoms. The molecule has 0 atom stereocenters. The third kappa shape index (κ3) is 5.26. The zero-order valence-electron chi connectivity index (χ0n) is 20.5. The van der Waals surface area contributed by atoms with Crippen LogP contribution in [0.25, 0.3) is 0 Å². The fourth-order valence-electron chi connectivity index (χ4n) is 4.91. The number of nitrogens with one attached hydrogen (secondary N) is 1. The minimum absolute atomic E-state index is 0.0393. The van der Waals surface area contributed by atoms with Gasteiger partial charge in [-0.15, -0.1) is 0 Å². The van der Waals surface area contributed by atoms with Crippen molar-refractivity contribution in [2.24, 2.45) is 0 Å². The molecular weight excluding hydrogens is 459 g/mol. The van der Waals surface area contributed by atoms with Crippen LogP contribution in [0.1, 0.15) is 21.6 Å². The molecule has 0 saturated carbocycles. The van der Waals surface area contributed by atoms with E-state index in [9.17, 15) is 14.0 Å². The molecule has 2 fully saturated rings. The third-order valence-electron chi connectivity index (χ3n) is 6.98. The predicted octanol–water partition coefficient (Wildman–Crippen LogP) is 2.50. The van der Waals surface area contributed by atoms with Crippen molar-refractivity contribution in [2.45, 2.75) is 13.5 Å². The number of para-hydroxylation sites is 1. The molecule has 3 heterocycles. The zero-order chi connectivity index (χ0) is 25.1. The van der Waals surface area contributed by atoms with Crippen LogP contribution in [-0.2, 0) is 6.54 Å². The normalized spacial score (nSPS) is 16.9. The Morgan fingerprint density at radius 1 is 0.917 bits per heavy atom. The first kappa shape index (κ1) is 24.0. The highest BCUT2D eigenvalue weighted by molar-refractivity contribution is 5.95. The number of halogens is 1. The van der Waals surface area contributed by atoms with Crippen LogP contribution < -0.4 is 15.4 Å². The first-order chi connectivity index (χ1) is 17.5. The molecule has 5 rings (SSSR count). The summed E-state index contributed by atoms with van der Waals surface area (Å²) in [6.45, 7) is 7.81. The first-order valence-corrected chi connectivity index (χ1v) is 12.4. The molecule has 2 aliphatic rings. The Bertz CT molecular complexity index is 1280. The summed E-state index contributed by atoms with van der Waals surface area (Å²) in [5, 5.41) is 0. The number of aromatic amines is 1. The molecule has 1 aromatic heterocycles. The molecule has 0 unspecified atom stereocenters. The number of hydrogen-bond acceptors (Lipinski definition) is 6. The Morgan fingerprint density at radius 2 is 1.58 bits per heavy atom. The van der Waals surface area contributed by atoms with Crippen molar-refractivity contribution < 1.29 is 9.18 Å². The van der Waals surface area contributed by atoms with Gasteiger partial charge in [-0.05, 0) is 30.7 Å². The van der Waals surface area contributed by atoms with Crippen LogP contribution >= 0.6 is 0 Å². The second kappa shape index (κ2) is 10.5. The average Bonchev–Trinajstić information content (AvgIpc) is 2.89. The number of aromatic nitrogens is 2. The smallest absolute Gasteiger partial charge is 0.254 e. The number of piperazine rings is 2. The van der Waals surface area contributed by atoms with Crippen LogP contribution in [0, 0.1) is 12.7 Å². The number of benzene rings is 2. The summed E-state index contributed by atoms with van der Waals surface area (Å²) >= 11 is 0. The fourth-order valence-corrected chi connectivity index (χ4v) is 4.91. The molecule has 0 radical (unpaired) electrons. The number of aryl methyl sites for hydroxylation is 1. The lowest BCUT2D eigenvalue weighted by atomic mass is 10.1. The highest BCUT2D eigenvalue weighted by Crippen LogP contribution is 2.21. The van der Waals surface area contributed by atoms with E-state index in [1.807, 2.05) is 53.1 Å². The first-order valence-electron chi connectivity index (χ1n) is 12.4. The van der Waals surface area contributed by atoms with Gasteiger partial charge in [0.05, 0.1) is 11.4 Å². The van der Waals surface area contributed by atoms with Gasteiger partial charge >= 0.3 is 0 Å². The van der Waals surface area contributed by atoms with Gasteiger partial charge in [-0.2, -0.15) is 0 Å². The summed E-state index contributed by atoms with van der Waals surface area (Å²) in [5.41, 5.74) is 2.87. The number of hydrogen-bond donors (Lipinski definition) is 1. The molecule has 2 saturated heterocycles. The quantitative estimate of drug-likeness (QED) is 0.593. The van der Waals surface area contributed by atoms with E-state index in [-0.39, 0.29) is 17.3 Å². The average molecular weight is 491 g/mol. The Balaban J connectivity index is 1.19. The molecule has 1 amide bonds. The van der Waals surface area contributed by atoms with Crippen LogP contribution in [0.4, 0.5) is 16.0 Å². The molecule has 188 valence electrons. The second-order valence-electron chi connectivity index (χ2n) is 9.37. The van der Waals surface area contributed by atoms with Crippen LogP contribution in [0.15, 0.2) is 59.4 Å². The largest absolute Gasteiger partial charge is 0.367 e. The maximum atomic E-state index is 14.1. The lowest BCUT2D eigenvalue weighted by Crippen LogP contribution is -2.49. The number of H-pyrrole nitrogens is 1. The van der Waals surface area contributed by atoms with Gasteiger partial charge in [0.15, 0.2) is 0 Å². The maximum absolute atomic E-state index is 14.1. The van der Waals surface area contributed by atoms with Gasteiger partial charge in [-0.25, -0.2) is 9.37 Å². The van der Waals surface area contributed by atoms with E-state index in [2.05, 4.69) is 14.8 Å². The Hall–Kier alpha value is -3.72. The van der Waals surface area contributed by atoms with Crippen molar-refractivity contribution in [1.82, 2.24) is 19.8 Å². The van der Waals surface area contributed by atoms with E-state index >= 15 is 0 Å². The van der Waals surface area contributed by atoms with E-state index in [0.29, 0.717) is 63.1 Å². The Kier molecular flexibility index (Phi) is 6.99. The maximum Gasteiger partial charge on any atom is 0.254 e. The van der Waals surface area contributed by atoms with Crippen molar-refractivity contribution in [3.8, 4) is 0 Å². The van der Waals surface area contributed by atoms with Gasteiger partial charge in [0.1, 0.15) is 5.82 Å². The summed E-state index contributed by atoms with van der Waals surface area (Å²) in [6, 6.07) is 16.0. The molecule has 36 heavy (non-hydrogen) atoms. The molecule has 2 aliphatic heterocycles. The van der Waals surface area contributed by atoms with Gasteiger partial charge in [-0.3, -0.25) is 19.5 Å². The Morgan fingerprint density at radius 3 is 2.31 bits per heavy atom. The molecule has 8 nitrogen and oxygen atoms in total. The summed E-state index contributed by atoms with van der Waals surface area (Å²) in [5.74, 6) is 0.385. The van der Waals surface area contributed by atoms with Crippen molar-refractivity contribution in [2.75, 3.05) is 62.2 Å². The van der Waals surface area contributed by atoms with Crippen molar-refractivity contribution >= 4 is 17.5 Å². The second-order valence-corrected chi connectivity index (χ2v) is 9.37. The van der Waals surface area contributed by atoms with Gasteiger partial charge in [0.25, 0.3) is 11.5 Å². The molecule has 2 aromatic carbocycles. The van der Waals surface area contributed by atoms with E-state index in [1.54, 1.807) is 12.1 Å². The van der Waals surface area contributed by atoms with Gasteiger partial charge < -0.3 is 14.7 Å². The van der Waals surface area contributed by atoms with E-state index in [0.717, 1.165) is 24.2 Å². The Labute approximate surface area is 210 Å². The van der Waals surface area contributed by atoms with Gasteiger partial charge in [-0.1, -0.05) is 30.3 Å². The molecule has 1 N–H and O–H groups in total. The number of carbonyl (C=O) groups is 1. The predicted molar refractivity (Wildman–Crippen MR) is 138 cm³/mol. The number of carbonyl (C=O) groups excluding carboxylic acids is 1. The molecule has 0 spiro atoms. The van der Waals surface area contributed by atoms with Crippen molar-refractivity contribution in [1.29, 1.82) is 0 Å². The lowest BCUT2D eigenvalue weighted by Gasteiger charge is -2.36. The van der Waals surface area contributed by atoms with Gasteiger partial charge in [0, 0.05) is 70.5 Å². The topological polar surface area (TPSA) is 75.8 Å². The summed E-state index contributed by atoms with van der Waals surface area (Å²) in [4.78, 5) is 41.1. The molecular formula is C27H31FN6O2. The van der Waals surface area contributed by atoms with Crippen molar-refractivity contribution in [3.05, 3.63) is 87.6 Å². The van der Waals surface area contributed by atoms with E-state index < -0.39 is 0 Å². The minimum atomic E-state index is -0.201. The monoisotopic (exact) mass is 490 g/mol. The summed E-state index contributed by atoms with van der Waals surface area (Å²) in [6.07, 6.45) is 0. The van der Waals surface area contributed by atoms with Crippen LogP contribution in [0.2, 0.25) is 0 Å². The van der Waals surface area contributed by atoms with E-state index in [4.69, 9.17) is 4.98 Å². The van der Waals surface area contributed by atoms with E-state index in [1.165, 1.54) is 6.07 Å². The number of nitrogens with zero attached hydrogens (tertiary/aromatic N) is 5. The van der Waals surface area contributed by atoms with Crippen LogP contribution in [0.3, 0.4) is 0 Å². The van der Waals surface area contributed by atoms with Gasteiger partial charge in [0.2, 0.25) is 5.95 Å². The number of amides is 1. The highest BCUT2D eigenvalue weighted by atomic mass is 19.1. The highest BCUT2D eigenvalue weighted by Gasteiger charge is 2.25. The van der Waals surface area contributed by atoms with Crippen molar-refractivity contribution in [3.63, 3.8) is 0 Å². The summed E-state index contributed by atoms with van der Waals surface area (Å²) in [7, 11) is 0. The van der Waals surface area contributed by atoms with Crippen LogP contribution in [-0.4, -0.2) is 78.0 Å². The molecule has 9 heteroatoms. The SMILES string of the molecule is Cc1ccccc1C(=O)N1CCN(c2nc(CN3CCN(c4ccccc4F)CC3)cc(=O)[nH]2)CC1. The number of anilines is 2. The van der Waals surface area contributed by atoms with Crippen LogP contribution in [0.5, 0.6) is 0 Å². The lowest BCUT2D eigenvalue weighted by molar-refractivity contribution is 0.0745. The zero-order valence-corrected chi connectivity index (χ0v) is 20.5. The molecule has 3 aromatic rings. The fraction of sp³-hybridized carbons (Fsp3) is 0.370. The summed E-state index contributed by atoms with van der Waals surface area (Å²) < 4.78 is 14.1. The molecule has 0 aliphatic carbocycles. The minimum Gasteiger partial charge on any atom is -0.367 e. The standard InChI is InChI=1S/C27H31FN6O2/c1-20-6-2-3-7-22(20)26(36)33-14-16-34(17-15-33)27-29-21(18-25(35)30-27)19-31-10-12-32(13-11-31)24-9-5-4-8-23(24)28/h2-9,18H,10-17,19H2,1H3,(H,29,30,35). The number of rotatable bonds is 5. The third-order valence-corrected chi connectivity index (χ3v) is 6.98.